The van der Waals surface area contributed by atoms with Crippen LogP contribution in [0.15, 0.2) is 72.9 Å². The first-order valence-corrected chi connectivity index (χ1v) is 9.57. The smallest absolute Gasteiger partial charge is 0.438 e. The van der Waals surface area contributed by atoms with Crippen molar-refractivity contribution in [2.75, 3.05) is 5.32 Å². The first-order valence-electron chi connectivity index (χ1n) is 9.57. The predicted octanol–water partition coefficient (Wildman–Crippen LogP) is 4.91. The van der Waals surface area contributed by atoms with E-state index in [0.717, 1.165) is 17.8 Å². The van der Waals surface area contributed by atoms with Crippen molar-refractivity contribution in [1.29, 1.82) is 0 Å². The van der Waals surface area contributed by atoms with Crippen molar-refractivity contribution in [2.45, 2.75) is 13.3 Å². The van der Waals surface area contributed by atoms with Crippen molar-refractivity contribution in [2.24, 2.45) is 0 Å². The fourth-order valence-electron chi connectivity index (χ4n) is 2.80. The fourth-order valence-corrected chi connectivity index (χ4v) is 2.80. The molecule has 0 radical (unpaired) electrons. The van der Waals surface area contributed by atoms with Gasteiger partial charge >= 0.3 is 6.36 Å². The van der Waals surface area contributed by atoms with Crippen LogP contribution in [0.4, 0.5) is 18.9 Å². The molecule has 2 aromatic heterocycles. The number of rotatable bonds is 6. The summed E-state index contributed by atoms with van der Waals surface area (Å²) < 4.78 is 48.2. The summed E-state index contributed by atoms with van der Waals surface area (Å²) in [6.07, 6.45) is -3.07. The number of carbonyl (C=O) groups is 1. The molecule has 0 atom stereocenters. The first kappa shape index (κ1) is 21.8. The van der Waals surface area contributed by atoms with Gasteiger partial charge in [0.1, 0.15) is 11.5 Å². The molecule has 8 nitrogen and oxygen atoms in total. The number of ether oxygens (including phenoxy) is 2. The average Bonchev–Trinajstić information content (AvgIpc) is 3.21. The summed E-state index contributed by atoms with van der Waals surface area (Å²) in [5.41, 5.74) is 1.29. The van der Waals surface area contributed by atoms with E-state index in [1.54, 1.807) is 47.3 Å². The zero-order valence-corrected chi connectivity index (χ0v) is 17.1. The van der Waals surface area contributed by atoms with Crippen LogP contribution < -0.4 is 14.8 Å². The second-order valence-corrected chi connectivity index (χ2v) is 6.79. The van der Waals surface area contributed by atoms with Crippen molar-refractivity contribution in [1.82, 2.24) is 20.0 Å². The third-order valence-corrected chi connectivity index (χ3v) is 4.25. The number of hydrogen-bond acceptors (Lipinski definition) is 6. The van der Waals surface area contributed by atoms with E-state index < -0.39 is 18.0 Å². The number of anilines is 1. The van der Waals surface area contributed by atoms with E-state index in [0.29, 0.717) is 17.3 Å². The van der Waals surface area contributed by atoms with Gasteiger partial charge in [-0.1, -0.05) is 6.07 Å². The maximum absolute atomic E-state index is 12.4. The molecule has 2 heterocycles. The molecule has 1 N–H and O–H groups in total. The van der Waals surface area contributed by atoms with Crippen LogP contribution in [0.1, 0.15) is 16.1 Å². The van der Waals surface area contributed by atoms with Crippen LogP contribution in [0.2, 0.25) is 0 Å². The van der Waals surface area contributed by atoms with Crippen LogP contribution >= 0.6 is 0 Å². The summed E-state index contributed by atoms with van der Waals surface area (Å²) in [5.74, 6) is 0.185. The standard InChI is InChI=1S/C22H16F3N5O3/c1-14-11-12-30(29-14)19-9-10-20(28-27-19)32-17-7-5-16(6-8-17)26-21(31)15-3-2-4-18(13-15)33-22(23,24)25/h2-13H,1H3,(H,26,31). The van der Waals surface area contributed by atoms with Crippen molar-refractivity contribution in [3.8, 4) is 23.2 Å². The summed E-state index contributed by atoms with van der Waals surface area (Å²) in [4.78, 5) is 12.4. The molecule has 0 fully saturated rings. The van der Waals surface area contributed by atoms with Crippen molar-refractivity contribution >= 4 is 11.6 Å². The number of hydrogen-bond donors (Lipinski definition) is 1. The molecular weight excluding hydrogens is 439 g/mol. The Bertz CT molecular complexity index is 1260. The Morgan fingerprint density at radius 1 is 0.970 bits per heavy atom. The molecule has 168 valence electrons. The first-order chi connectivity index (χ1) is 15.7. The van der Waals surface area contributed by atoms with Gasteiger partial charge in [0.15, 0.2) is 5.82 Å². The van der Waals surface area contributed by atoms with Gasteiger partial charge in [-0.2, -0.15) is 5.10 Å². The highest BCUT2D eigenvalue weighted by Crippen LogP contribution is 2.25. The summed E-state index contributed by atoms with van der Waals surface area (Å²) in [6, 6.07) is 16.4. The van der Waals surface area contributed by atoms with Crippen molar-refractivity contribution in [3.05, 3.63) is 84.2 Å². The lowest BCUT2D eigenvalue weighted by Crippen LogP contribution is -2.18. The molecule has 0 aliphatic heterocycles. The van der Waals surface area contributed by atoms with E-state index in [4.69, 9.17) is 4.74 Å². The molecule has 0 saturated carbocycles. The third kappa shape index (κ3) is 5.85. The molecular formula is C22H16F3N5O3. The molecule has 0 spiro atoms. The minimum absolute atomic E-state index is 0.0137. The Hall–Kier alpha value is -4.41. The number of aromatic nitrogens is 4. The van der Waals surface area contributed by atoms with E-state index >= 15 is 0 Å². The molecule has 11 heteroatoms. The number of alkyl halides is 3. The van der Waals surface area contributed by atoms with Crippen LogP contribution in [-0.4, -0.2) is 32.2 Å². The number of halogens is 3. The molecule has 0 bridgehead atoms. The minimum Gasteiger partial charge on any atom is -0.438 e. The zero-order valence-electron chi connectivity index (χ0n) is 17.1. The van der Waals surface area contributed by atoms with Gasteiger partial charge in [0.2, 0.25) is 5.88 Å². The molecule has 0 aliphatic carbocycles. The lowest BCUT2D eigenvalue weighted by atomic mass is 10.2. The van der Waals surface area contributed by atoms with Gasteiger partial charge in [-0.05, 0) is 61.5 Å². The molecule has 33 heavy (non-hydrogen) atoms. The lowest BCUT2D eigenvalue weighted by Gasteiger charge is -2.10. The van der Waals surface area contributed by atoms with E-state index in [1.165, 1.54) is 12.1 Å². The second-order valence-electron chi connectivity index (χ2n) is 6.79. The Morgan fingerprint density at radius 2 is 1.76 bits per heavy atom. The number of aryl methyl sites for hydroxylation is 1. The van der Waals surface area contributed by atoms with Crippen molar-refractivity contribution < 1.29 is 27.4 Å². The number of nitrogens with zero attached hydrogens (tertiary/aromatic N) is 4. The number of carbonyl (C=O) groups excluding carboxylic acids is 1. The van der Waals surface area contributed by atoms with Gasteiger partial charge in [-0.3, -0.25) is 4.79 Å². The van der Waals surface area contributed by atoms with Crippen molar-refractivity contribution in [3.63, 3.8) is 0 Å². The third-order valence-electron chi connectivity index (χ3n) is 4.25. The predicted molar refractivity (Wildman–Crippen MR) is 111 cm³/mol. The van der Waals surface area contributed by atoms with Gasteiger partial charge in [-0.15, -0.1) is 23.4 Å². The molecule has 0 unspecified atom stereocenters. The number of benzene rings is 2. The van der Waals surface area contributed by atoms with E-state index in [-0.39, 0.29) is 11.4 Å². The SMILES string of the molecule is Cc1ccn(-c2ccc(Oc3ccc(NC(=O)c4cccc(OC(F)(F)F)c4)cc3)nn2)n1. The van der Waals surface area contributed by atoms with Crippen LogP contribution in [0, 0.1) is 6.92 Å². The minimum atomic E-state index is -4.84. The monoisotopic (exact) mass is 455 g/mol. The van der Waals surface area contributed by atoms with Gasteiger partial charge in [0.25, 0.3) is 5.91 Å². The molecule has 4 rings (SSSR count). The Kier molecular flexibility index (Phi) is 5.94. The highest BCUT2D eigenvalue weighted by atomic mass is 19.4. The maximum atomic E-state index is 12.4. The van der Waals surface area contributed by atoms with Crippen LogP contribution in [0.25, 0.3) is 5.82 Å². The number of amides is 1. The highest BCUT2D eigenvalue weighted by molar-refractivity contribution is 6.04. The normalized spacial score (nSPS) is 11.2. The van der Waals surface area contributed by atoms with E-state index in [2.05, 4.69) is 25.3 Å². The number of nitrogens with one attached hydrogen (secondary N) is 1. The van der Waals surface area contributed by atoms with Gasteiger partial charge in [0.05, 0.1) is 5.69 Å². The largest absolute Gasteiger partial charge is 0.573 e. The van der Waals surface area contributed by atoms with E-state index in [9.17, 15) is 18.0 Å². The lowest BCUT2D eigenvalue weighted by molar-refractivity contribution is -0.274. The summed E-state index contributed by atoms with van der Waals surface area (Å²) in [5, 5.41) is 14.9. The second kappa shape index (κ2) is 8.99. The maximum Gasteiger partial charge on any atom is 0.573 e. The topological polar surface area (TPSA) is 91.2 Å². The zero-order chi connectivity index (χ0) is 23.4. The average molecular weight is 455 g/mol. The van der Waals surface area contributed by atoms with Crippen LogP contribution in [-0.2, 0) is 0 Å². The highest BCUT2D eigenvalue weighted by Gasteiger charge is 2.31. The molecule has 0 aliphatic rings. The Balaban J connectivity index is 1.37. The molecule has 0 saturated heterocycles. The molecule has 2 aromatic carbocycles. The Labute approximate surface area is 185 Å². The quantitative estimate of drug-likeness (QED) is 0.444. The van der Waals surface area contributed by atoms with Crippen LogP contribution in [0.5, 0.6) is 17.4 Å². The molecule has 1 amide bonds. The van der Waals surface area contributed by atoms with Gasteiger partial charge < -0.3 is 14.8 Å². The molecule has 4 aromatic rings. The summed E-state index contributed by atoms with van der Waals surface area (Å²) >= 11 is 0. The Morgan fingerprint density at radius 3 is 2.39 bits per heavy atom. The summed E-state index contributed by atoms with van der Waals surface area (Å²) in [7, 11) is 0. The van der Waals surface area contributed by atoms with Gasteiger partial charge in [0, 0.05) is 23.5 Å². The van der Waals surface area contributed by atoms with Gasteiger partial charge in [-0.25, -0.2) is 4.68 Å². The van der Waals surface area contributed by atoms with E-state index in [1.807, 2.05) is 13.0 Å². The van der Waals surface area contributed by atoms with Crippen LogP contribution in [0.3, 0.4) is 0 Å². The summed E-state index contributed by atoms with van der Waals surface area (Å²) in [6.45, 7) is 1.87. The fraction of sp³-hybridized carbons (Fsp3) is 0.0909.